The molecule has 1 heterocycles. The lowest BCUT2D eigenvalue weighted by atomic mass is 10.1. The molecule has 1 aliphatic rings. The Kier molecular flexibility index (Phi) is 2.11. The quantitative estimate of drug-likeness (QED) is 0.778. The second kappa shape index (κ2) is 3.17. The van der Waals surface area contributed by atoms with Gasteiger partial charge in [0.15, 0.2) is 0 Å². The van der Waals surface area contributed by atoms with E-state index in [9.17, 15) is 4.79 Å². The molecule has 0 bridgehead atoms. The highest BCUT2D eigenvalue weighted by Crippen LogP contribution is 2.36. The van der Waals surface area contributed by atoms with Gasteiger partial charge in [-0.1, -0.05) is 11.6 Å². The second-order valence-corrected chi connectivity index (χ2v) is 3.79. The third kappa shape index (κ3) is 1.44. The van der Waals surface area contributed by atoms with Crippen LogP contribution in [0, 0.1) is 0 Å². The average Bonchev–Trinajstić information content (AvgIpc) is 2.45. The van der Waals surface area contributed by atoms with Gasteiger partial charge in [-0.2, -0.15) is 0 Å². The fraction of sp³-hybridized carbons (Fsp3) is 0.300. The lowest BCUT2D eigenvalue weighted by Crippen LogP contribution is -2.05. The molecule has 0 saturated heterocycles. The number of rotatable bonds is 1. The number of carbonyl (C=O) groups is 1. The summed E-state index contributed by atoms with van der Waals surface area (Å²) in [6.45, 7) is 1.93. The molecule has 4 heteroatoms. The van der Waals surface area contributed by atoms with Crippen molar-refractivity contribution in [2.75, 3.05) is 0 Å². The van der Waals surface area contributed by atoms with Crippen LogP contribution in [-0.4, -0.2) is 17.2 Å². The molecule has 74 valence electrons. The molecular weight excluding hydrogens is 204 g/mol. The van der Waals surface area contributed by atoms with Gasteiger partial charge in [0.2, 0.25) is 0 Å². The van der Waals surface area contributed by atoms with Crippen molar-refractivity contribution in [3.05, 3.63) is 28.3 Å². The van der Waals surface area contributed by atoms with Gasteiger partial charge < -0.3 is 9.84 Å². The smallest absolute Gasteiger partial charge is 0.335 e. The van der Waals surface area contributed by atoms with E-state index >= 15 is 0 Å². The summed E-state index contributed by atoms with van der Waals surface area (Å²) < 4.78 is 5.45. The second-order valence-electron chi connectivity index (χ2n) is 3.38. The van der Waals surface area contributed by atoms with E-state index in [4.69, 9.17) is 21.4 Å². The largest absolute Gasteiger partial charge is 0.489 e. The van der Waals surface area contributed by atoms with Gasteiger partial charge in [0.1, 0.15) is 11.9 Å². The number of hydrogen-bond donors (Lipinski definition) is 1. The lowest BCUT2D eigenvalue weighted by molar-refractivity contribution is 0.0697. The molecule has 2 rings (SSSR count). The van der Waals surface area contributed by atoms with Crippen molar-refractivity contribution in [2.45, 2.75) is 19.4 Å². The Morgan fingerprint density at radius 2 is 2.36 bits per heavy atom. The van der Waals surface area contributed by atoms with Crippen molar-refractivity contribution in [2.24, 2.45) is 0 Å². The SMILES string of the molecule is C[C@H]1Cc2cc(C(=O)O)cc(Cl)c2O1. The predicted octanol–water partition coefficient (Wildman–Crippen LogP) is 2.36. The molecule has 0 amide bonds. The minimum Gasteiger partial charge on any atom is -0.489 e. The number of fused-ring (bicyclic) bond motifs is 1. The first-order valence-corrected chi connectivity index (χ1v) is 4.68. The van der Waals surface area contributed by atoms with Crippen molar-refractivity contribution in [3.8, 4) is 5.75 Å². The molecule has 0 unspecified atom stereocenters. The van der Waals surface area contributed by atoms with Crippen LogP contribution in [0.4, 0.5) is 0 Å². The van der Waals surface area contributed by atoms with Gasteiger partial charge in [0.05, 0.1) is 10.6 Å². The first kappa shape index (κ1) is 9.34. The first-order chi connectivity index (χ1) is 6.58. The maximum Gasteiger partial charge on any atom is 0.335 e. The van der Waals surface area contributed by atoms with Crippen molar-refractivity contribution >= 4 is 17.6 Å². The molecule has 0 spiro atoms. The standard InChI is InChI=1S/C10H9ClO3/c1-5-2-6-3-7(10(12)13)4-8(11)9(6)14-5/h3-5H,2H2,1H3,(H,12,13)/t5-/m0/s1. The van der Waals surface area contributed by atoms with Gasteiger partial charge >= 0.3 is 5.97 Å². The predicted molar refractivity (Wildman–Crippen MR) is 52.2 cm³/mol. The summed E-state index contributed by atoms with van der Waals surface area (Å²) in [5.41, 5.74) is 1.09. The van der Waals surface area contributed by atoms with E-state index < -0.39 is 5.97 Å². The number of ether oxygens (including phenoxy) is 1. The summed E-state index contributed by atoms with van der Waals surface area (Å²) >= 11 is 5.90. The number of carboxylic acid groups (broad SMARTS) is 1. The Hall–Kier alpha value is -1.22. The molecular formula is C10H9ClO3. The van der Waals surface area contributed by atoms with E-state index in [-0.39, 0.29) is 11.7 Å². The summed E-state index contributed by atoms with van der Waals surface area (Å²) in [7, 11) is 0. The molecule has 1 N–H and O–H groups in total. The van der Waals surface area contributed by atoms with Crippen LogP contribution in [0.2, 0.25) is 5.02 Å². The van der Waals surface area contributed by atoms with Gasteiger partial charge in [-0.15, -0.1) is 0 Å². The van der Waals surface area contributed by atoms with E-state index in [1.54, 1.807) is 6.07 Å². The van der Waals surface area contributed by atoms with Gasteiger partial charge in [-0.3, -0.25) is 0 Å². The molecule has 0 aromatic heterocycles. The summed E-state index contributed by atoms with van der Waals surface area (Å²) in [5.74, 6) is -0.335. The zero-order valence-corrected chi connectivity index (χ0v) is 8.34. The summed E-state index contributed by atoms with van der Waals surface area (Å²) in [6.07, 6.45) is 0.794. The summed E-state index contributed by atoms with van der Waals surface area (Å²) in [4.78, 5) is 10.7. The van der Waals surface area contributed by atoms with Gasteiger partial charge in [0, 0.05) is 12.0 Å². The highest BCUT2D eigenvalue weighted by molar-refractivity contribution is 6.32. The van der Waals surface area contributed by atoms with E-state index in [1.807, 2.05) is 6.92 Å². The number of halogens is 1. The fourth-order valence-electron chi connectivity index (χ4n) is 1.61. The molecule has 1 aliphatic heterocycles. The molecule has 1 aromatic rings. The maximum atomic E-state index is 10.7. The zero-order valence-electron chi connectivity index (χ0n) is 7.58. The third-order valence-electron chi connectivity index (χ3n) is 2.19. The summed E-state index contributed by atoms with van der Waals surface area (Å²) in [5, 5.41) is 9.19. The van der Waals surface area contributed by atoms with E-state index in [0.29, 0.717) is 10.8 Å². The van der Waals surface area contributed by atoms with Crippen LogP contribution < -0.4 is 4.74 Å². The first-order valence-electron chi connectivity index (χ1n) is 4.30. The minimum atomic E-state index is -0.964. The molecule has 1 aromatic carbocycles. The van der Waals surface area contributed by atoms with Crippen LogP contribution >= 0.6 is 11.6 Å². The van der Waals surface area contributed by atoms with Crippen molar-refractivity contribution in [1.82, 2.24) is 0 Å². The third-order valence-corrected chi connectivity index (χ3v) is 2.47. The number of carboxylic acids is 1. The maximum absolute atomic E-state index is 10.7. The van der Waals surface area contributed by atoms with Crippen LogP contribution in [0.1, 0.15) is 22.8 Å². The fourth-order valence-corrected chi connectivity index (χ4v) is 1.89. The van der Waals surface area contributed by atoms with Crippen LogP contribution in [0.3, 0.4) is 0 Å². The Morgan fingerprint density at radius 3 is 3.00 bits per heavy atom. The molecule has 3 nitrogen and oxygen atoms in total. The average molecular weight is 213 g/mol. The van der Waals surface area contributed by atoms with E-state index in [0.717, 1.165) is 12.0 Å². The highest BCUT2D eigenvalue weighted by atomic mass is 35.5. The van der Waals surface area contributed by atoms with Gasteiger partial charge in [-0.25, -0.2) is 4.79 Å². The minimum absolute atomic E-state index is 0.0755. The molecule has 0 fully saturated rings. The number of hydrogen-bond acceptors (Lipinski definition) is 2. The van der Waals surface area contributed by atoms with Crippen molar-refractivity contribution < 1.29 is 14.6 Å². The normalized spacial score (nSPS) is 18.9. The molecule has 1 atom stereocenters. The van der Waals surface area contributed by atoms with Crippen LogP contribution in [0.5, 0.6) is 5.75 Å². The summed E-state index contributed by atoms with van der Waals surface area (Å²) in [6, 6.07) is 3.04. The van der Waals surface area contributed by atoms with E-state index in [1.165, 1.54) is 6.07 Å². The molecule has 0 saturated carbocycles. The number of aromatic carboxylic acids is 1. The Balaban J connectivity index is 2.51. The van der Waals surface area contributed by atoms with Gasteiger partial charge in [-0.05, 0) is 19.1 Å². The monoisotopic (exact) mass is 212 g/mol. The zero-order chi connectivity index (χ0) is 10.3. The van der Waals surface area contributed by atoms with Crippen LogP contribution in [-0.2, 0) is 6.42 Å². The van der Waals surface area contributed by atoms with E-state index in [2.05, 4.69) is 0 Å². The molecule has 0 aliphatic carbocycles. The Morgan fingerprint density at radius 1 is 1.64 bits per heavy atom. The molecule has 0 radical (unpaired) electrons. The lowest BCUT2D eigenvalue weighted by Gasteiger charge is -2.04. The number of benzene rings is 1. The van der Waals surface area contributed by atoms with Crippen LogP contribution in [0.15, 0.2) is 12.1 Å². The molecule has 14 heavy (non-hydrogen) atoms. The van der Waals surface area contributed by atoms with Crippen LogP contribution in [0.25, 0.3) is 0 Å². The highest BCUT2D eigenvalue weighted by Gasteiger charge is 2.23. The van der Waals surface area contributed by atoms with Gasteiger partial charge in [0.25, 0.3) is 0 Å². The Labute approximate surface area is 86.3 Å². The van der Waals surface area contributed by atoms with Crippen molar-refractivity contribution in [3.63, 3.8) is 0 Å². The topological polar surface area (TPSA) is 46.5 Å². The Bertz CT molecular complexity index is 401. The van der Waals surface area contributed by atoms with Crippen molar-refractivity contribution in [1.29, 1.82) is 0 Å².